The van der Waals surface area contributed by atoms with E-state index in [1.807, 2.05) is 51.1 Å². The Bertz CT molecular complexity index is 586. The lowest BCUT2D eigenvalue weighted by Gasteiger charge is -2.17. The Labute approximate surface area is 107 Å². The molecule has 0 radical (unpaired) electrons. The maximum absolute atomic E-state index is 12.1. The SMILES string of the molecule is CC(C)(C)C(=O)Cc1cccc2cccc(O)c12. The Morgan fingerprint density at radius 2 is 1.72 bits per heavy atom. The topological polar surface area (TPSA) is 37.3 Å². The molecule has 0 heterocycles. The van der Waals surface area contributed by atoms with Gasteiger partial charge >= 0.3 is 0 Å². The molecule has 0 aliphatic rings. The molecule has 18 heavy (non-hydrogen) atoms. The van der Waals surface area contributed by atoms with E-state index in [1.165, 1.54) is 0 Å². The van der Waals surface area contributed by atoms with Crippen molar-refractivity contribution < 1.29 is 9.90 Å². The first-order valence-corrected chi connectivity index (χ1v) is 6.12. The van der Waals surface area contributed by atoms with Gasteiger partial charge in [-0.3, -0.25) is 4.79 Å². The van der Waals surface area contributed by atoms with Gasteiger partial charge in [-0.25, -0.2) is 0 Å². The van der Waals surface area contributed by atoms with E-state index in [4.69, 9.17) is 0 Å². The molecule has 0 aromatic heterocycles. The highest BCUT2D eigenvalue weighted by Gasteiger charge is 2.22. The summed E-state index contributed by atoms with van der Waals surface area (Å²) in [7, 11) is 0. The summed E-state index contributed by atoms with van der Waals surface area (Å²) in [5, 5.41) is 11.7. The zero-order valence-electron chi connectivity index (χ0n) is 11.0. The summed E-state index contributed by atoms with van der Waals surface area (Å²) in [5.41, 5.74) is 0.539. The lowest BCUT2D eigenvalue weighted by atomic mass is 9.86. The van der Waals surface area contributed by atoms with Gasteiger partial charge < -0.3 is 5.11 Å². The first kappa shape index (κ1) is 12.6. The van der Waals surface area contributed by atoms with Crippen molar-refractivity contribution in [3.63, 3.8) is 0 Å². The summed E-state index contributed by atoms with van der Waals surface area (Å²) in [5.74, 6) is 0.420. The normalized spacial score (nSPS) is 11.7. The van der Waals surface area contributed by atoms with Crippen molar-refractivity contribution in [2.24, 2.45) is 5.41 Å². The molecule has 94 valence electrons. The predicted octanol–water partition coefficient (Wildman–Crippen LogP) is 3.70. The van der Waals surface area contributed by atoms with E-state index in [0.717, 1.165) is 16.3 Å². The second kappa shape index (κ2) is 4.45. The van der Waals surface area contributed by atoms with Crippen molar-refractivity contribution in [2.45, 2.75) is 27.2 Å². The Hall–Kier alpha value is -1.83. The number of fused-ring (bicyclic) bond motifs is 1. The van der Waals surface area contributed by atoms with E-state index in [0.29, 0.717) is 6.42 Å². The van der Waals surface area contributed by atoms with Crippen molar-refractivity contribution in [3.05, 3.63) is 42.0 Å². The van der Waals surface area contributed by atoms with Gasteiger partial charge in [-0.05, 0) is 17.0 Å². The average Bonchev–Trinajstić information content (AvgIpc) is 2.28. The predicted molar refractivity (Wildman–Crippen MR) is 73.8 cm³/mol. The number of Topliss-reactive ketones (excluding diaryl/α,β-unsaturated/α-hetero) is 1. The van der Waals surface area contributed by atoms with Crippen LogP contribution in [0.3, 0.4) is 0 Å². The van der Waals surface area contributed by atoms with Crippen LogP contribution in [0.15, 0.2) is 36.4 Å². The summed E-state index contributed by atoms with van der Waals surface area (Å²) >= 11 is 0. The highest BCUT2D eigenvalue weighted by atomic mass is 16.3. The Balaban J connectivity index is 2.49. The van der Waals surface area contributed by atoms with Crippen LogP contribution >= 0.6 is 0 Å². The molecule has 0 fully saturated rings. The van der Waals surface area contributed by atoms with Crippen LogP contribution in [0.25, 0.3) is 10.8 Å². The standard InChI is InChI=1S/C16H18O2/c1-16(2,3)14(18)10-12-8-4-6-11-7-5-9-13(17)15(11)12/h4-9,17H,10H2,1-3H3. The van der Waals surface area contributed by atoms with Gasteiger partial charge in [0, 0.05) is 17.2 Å². The van der Waals surface area contributed by atoms with Gasteiger partial charge in [0.15, 0.2) is 0 Å². The maximum atomic E-state index is 12.1. The smallest absolute Gasteiger partial charge is 0.142 e. The fraction of sp³-hybridized carbons (Fsp3) is 0.312. The molecule has 0 saturated heterocycles. The Kier molecular flexibility index (Phi) is 3.12. The van der Waals surface area contributed by atoms with Crippen molar-refractivity contribution in [3.8, 4) is 5.75 Å². The minimum Gasteiger partial charge on any atom is -0.507 e. The molecule has 0 spiro atoms. The van der Waals surface area contributed by atoms with Crippen LogP contribution in [-0.2, 0) is 11.2 Å². The molecular weight excluding hydrogens is 224 g/mol. The second-order valence-corrected chi connectivity index (χ2v) is 5.64. The molecule has 2 nitrogen and oxygen atoms in total. The van der Waals surface area contributed by atoms with Crippen LogP contribution in [0, 0.1) is 5.41 Å². The Morgan fingerprint density at radius 3 is 2.33 bits per heavy atom. The van der Waals surface area contributed by atoms with E-state index in [9.17, 15) is 9.90 Å². The number of carbonyl (C=O) groups excluding carboxylic acids is 1. The molecular formula is C16H18O2. The quantitative estimate of drug-likeness (QED) is 0.871. The molecule has 2 heteroatoms. The summed E-state index contributed by atoms with van der Waals surface area (Å²) in [6.07, 6.45) is 0.360. The number of phenols is 1. The minimum absolute atomic E-state index is 0.179. The number of hydrogen-bond acceptors (Lipinski definition) is 2. The number of ketones is 1. The lowest BCUT2D eigenvalue weighted by molar-refractivity contribution is -0.125. The summed E-state index contributed by atoms with van der Waals surface area (Å²) in [4.78, 5) is 12.1. The van der Waals surface area contributed by atoms with Crippen LogP contribution in [0.2, 0.25) is 0 Å². The fourth-order valence-corrected chi connectivity index (χ4v) is 1.98. The van der Waals surface area contributed by atoms with Crippen LogP contribution in [0.5, 0.6) is 5.75 Å². The molecule has 0 atom stereocenters. The number of rotatable bonds is 2. The van der Waals surface area contributed by atoms with E-state index in [2.05, 4.69) is 0 Å². The summed E-state index contributed by atoms with van der Waals surface area (Å²) in [6, 6.07) is 11.2. The van der Waals surface area contributed by atoms with Crippen molar-refractivity contribution in [2.75, 3.05) is 0 Å². The van der Waals surface area contributed by atoms with Crippen molar-refractivity contribution in [1.29, 1.82) is 0 Å². The highest BCUT2D eigenvalue weighted by Crippen LogP contribution is 2.29. The molecule has 0 unspecified atom stereocenters. The van der Waals surface area contributed by atoms with Gasteiger partial charge in [-0.1, -0.05) is 51.1 Å². The molecule has 1 N–H and O–H groups in total. The lowest BCUT2D eigenvalue weighted by Crippen LogP contribution is -2.22. The number of benzene rings is 2. The van der Waals surface area contributed by atoms with Gasteiger partial charge in [0.1, 0.15) is 11.5 Å². The number of phenolic OH excluding ortho intramolecular Hbond substituents is 1. The van der Waals surface area contributed by atoms with E-state index < -0.39 is 0 Å². The molecule has 2 aromatic carbocycles. The number of carbonyl (C=O) groups is 1. The monoisotopic (exact) mass is 242 g/mol. The third-order valence-electron chi connectivity index (χ3n) is 3.16. The highest BCUT2D eigenvalue weighted by molar-refractivity contribution is 5.95. The van der Waals surface area contributed by atoms with E-state index >= 15 is 0 Å². The minimum atomic E-state index is -0.355. The summed E-state index contributed by atoms with van der Waals surface area (Å²) in [6.45, 7) is 5.75. The third kappa shape index (κ3) is 2.37. The van der Waals surface area contributed by atoms with Crippen LogP contribution in [0.1, 0.15) is 26.3 Å². The average molecular weight is 242 g/mol. The number of hydrogen-bond donors (Lipinski definition) is 1. The van der Waals surface area contributed by atoms with E-state index in [1.54, 1.807) is 6.07 Å². The molecule has 0 aliphatic carbocycles. The molecule has 2 aromatic rings. The zero-order chi connectivity index (χ0) is 13.3. The summed E-state index contributed by atoms with van der Waals surface area (Å²) < 4.78 is 0. The molecule has 0 aliphatic heterocycles. The molecule has 0 amide bonds. The van der Waals surface area contributed by atoms with Crippen LogP contribution < -0.4 is 0 Å². The first-order chi connectivity index (χ1) is 8.39. The molecule has 0 saturated carbocycles. The maximum Gasteiger partial charge on any atom is 0.142 e. The molecule has 0 bridgehead atoms. The van der Waals surface area contributed by atoms with Crippen LogP contribution in [-0.4, -0.2) is 10.9 Å². The van der Waals surface area contributed by atoms with Crippen LogP contribution in [0.4, 0.5) is 0 Å². The van der Waals surface area contributed by atoms with Gasteiger partial charge in [-0.15, -0.1) is 0 Å². The van der Waals surface area contributed by atoms with Crippen molar-refractivity contribution >= 4 is 16.6 Å². The fourth-order valence-electron chi connectivity index (χ4n) is 1.98. The zero-order valence-corrected chi connectivity index (χ0v) is 11.0. The van der Waals surface area contributed by atoms with E-state index in [-0.39, 0.29) is 16.9 Å². The van der Waals surface area contributed by atoms with Gasteiger partial charge in [-0.2, -0.15) is 0 Å². The number of aromatic hydroxyl groups is 1. The molecule has 2 rings (SSSR count). The second-order valence-electron chi connectivity index (χ2n) is 5.64. The van der Waals surface area contributed by atoms with Gasteiger partial charge in [0.05, 0.1) is 0 Å². The largest absolute Gasteiger partial charge is 0.507 e. The Morgan fingerprint density at radius 1 is 1.11 bits per heavy atom. The van der Waals surface area contributed by atoms with Gasteiger partial charge in [0.25, 0.3) is 0 Å². The first-order valence-electron chi connectivity index (χ1n) is 6.12. The van der Waals surface area contributed by atoms with Gasteiger partial charge in [0.2, 0.25) is 0 Å². The van der Waals surface area contributed by atoms with Crippen molar-refractivity contribution in [1.82, 2.24) is 0 Å². The third-order valence-corrected chi connectivity index (χ3v) is 3.16.